The van der Waals surface area contributed by atoms with Gasteiger partial charge in [-0.2, -0.15) is 0 Å². The summed E-state index contributed by atoms with van der Waals surface area (Å²) >= 11 is 6.15. The first-order valence-electron chi connectivity index (χ1n) is 8.63. The Balaban J connectivity index is 1.54. The lowest BCUT2D eigenvalue weighted by Gasteiger charge is -2.26. The number of benzene rings is 1. The van der Waals surface area contributed by atoms with Crippen molar-refractivity contribution in [2.45, 2.75) is 19.6 Å². The average Bonchev–Trinajstić information content (AvgIpc) is 3.07. The van der Waals surface area contributed by atoms with Crippen LogP contribution in [-0.2, 0) is 11.3 Å². The van der Waals surface area contributed by atoms with Gasteiger partial charge in [0.2, 0.25) is 5.69 Å². The second-order valence-corrected chi connectivity index (χ2v) is 6.80. The van der Waals surface area contributed by atoms with E-state index in [4.69, 9.17) is 11.6 Å². The number of amides is 1. The first kappa shape index (κ1) is 17.3. The number of carbonyl (C=O) groups excluding carboxylic acids is 1. The number of halogens is 1. The summed E-state index contributed by atoms with van der Waals surface area (Å²) in [6, 6.07) is 7.62. The average molecular weight is 381 g/mol. The van der Waals surface area contributed by atoms with Crippen LogP contribution in [0.25, 0.3) is 0 Å². The monoisotopic (exact) mass is 380 g/mol. The summed E-state index contributed by atoms with van der Waals surface area (Å²) < 4.78 is 0. The molecule has 1 unspecified atom stereocenters. The maximum Gasteiger partial charge on any atom is 0.270 e. The zero-order valence-corrected chi connectivity index (χ0v) is 15.5. The van der Waals surface area contributed by atoms with E-state index < -0.39 is 0 Å². The molecule has 7 heteroatoms. The molecule has 1 aromatic heterocycles. The Morgan fingerprint density at radius 1 is 1.41 bits per heavy atom. The Bertz CT molecular complexity index is 965. The molecule has 0 saturated heterocycles. The molecule has 0 spiro atoms. The van der Waals surface area contributed by atoms with Crippen molar-refractivity contribution in [1.29, 1.82) is 0 Å². The van der Waals surface area contributed by atoms with Crippen molar-refractivity contribution >= 4 is 17.5 Å². The molecule has 4 rings (SSSR count). The van der Waals surface area contributed by atoms with Crippen LogP contribution in [0.4, 0.5) is 0 Å². The molecule has 0 fully saturated rings. The van der Waals surface area contributed by atoms with Crippen molar-refractivity contribution in [2.24, 2.45) is 0 Å². The number of nitrogens with one attached hydrogen (secondary N) is 3. The van der Waals surface area contributed by atoms with Gasteiger partial charge in [-0.1, -0.05) is 29.8 Å². The molecule has 0 saturated carbocycles. The van der Waals surface area contributed by atoms with Crippen LogP contribution < -0.4 is 15.6 Å². The number of hydrogen-bond acceptors (Lipinski definition) is 4. The highest BCUT2D eigenvalue weighted by atomic mass is 35.5. The second kappa shape index (κ2) is 7.25. The lowest BCUT2D eigenvalue weighted by atomic mass is 10.1. The summed E-state index contributed by atoms with van der Waals surface area (Å²) in [5.41, 5.74) is 4.07. The highest BCUT2D eigenvalue weighted by Gasteiger charge is 2.34. The summed E-state index contributed by atoms with van der Waals surface area (Å²) in [6.07, 6.45) is 11.1. The standard InChI is InChI=1S/C20H18ClN5O/c1-13-10-23-16(11-22-13)12-24-20(27)18-17-7-2-3-8-26(17)19(25-18)14-5-4-6-15(21)9-14/h2-11,19,25H,12H2,1H3,(H,24,27)/p+1. The molecule has 1 amide bonds. The van der Waals surface area contributed by atoms with E-state index in [-0.39, 0.29) is 12.1 Å². The highest BCUT2D eigenvalue weighted by Crippen LogP contribution is 2.34. The van der Waals surface area contributed by atoms with Crippen LogP contribution in [0.1, 0.15) is 23.1 Å². The number of hydrogen-bond donors (Lipinski definition) is 2. The number of rotatable bonds is 4. The first-order chi connectivity index (χ1) is 13.1. The lowest BCUT2D eigenvalue weighted by molar-refractivity contribution is -0.392. The predicted octanol–water partition coefficient (Wildman–Crippen LogP) is 2.37. The summed E-state index contributed by atoms with van der Waals surface area (Å²) in [5, 5.41) is 6.92. The van der Waals surface area contributed by atoms with Crippen molar-refractivity contribution in [3.63, 3.8) is 0 Å². The molecule has 0 radical (unpaired) electrons. The highest BCUT2D eigenvalue weighted by molar-refractivity contribution is 6.30. The molecule has 3 N–H and O–H groups in total. The molecule has 3 heterocycles. The van der Waals surface area contributed by atoms with E-state index in [2.05, 4.69) is 20.6 Å². The number of nitrogens with zero attached hydrogens (tertiary/aromatic N) is 2. The molecule has 1 aromatic carbocycles. The number of H-pyrrole nitrogens is 1. The SMILES string of the molecule is Cc1c[nH+]c(CNC(=O)C2=C3C=CC=CN3C(c3cccc(Cl)c3)N2)cn1. The van der Waals surface area contributed by atoms with Gasteiger partial charge >= 0.3 is 0 Å². The maximum atomic E-state index is 12.8. The number of aromatic nitrogens is 2. The Kier molecular flexibility index (Phi) is 4.64. The molecule has 27 heavy (non-hydrogen) atoms. The van der Waals surface area contributed by atoms with Gasteiger partial charge in [0.15, 0.2) is 6.20 Å². The molecular formula is C20H19ClN5O+. The summed E-state index contributed by atoms with van der Waals surface area (Å²) in [5.74, 6) is -0.173. The van der Waals surface area contributed by atoms with E-state index in [1.807, 2.05) is 66.7 Å². The fourth-order valence-electron chi connectivity index (χ4n) is 3.09. The van der Waals surface area contributed by atoms with Crippen molar-refractivity contribution in [3.8, 4) is 0 Å². The van der Waals surface area contributed by atoms with Crippen LogP contribution >= 0.6 is 11.6 Å². The largest absolute Gasteiger partial charge is 0.355 e. The van der Waals surface area contributed by atoms with Gasteiger partial charge in [0.1, 0.15) is 24.1 Å². The fourth-order valence-corrected chi connectivity index (χ4v) is 3.29. The minimum Gasteiger partial charge on any atom is -0.355 e. The number of aryl methyl sites for hydroxylation is 1. The number of fused-ring (bicyclic) bond motifs is 1. The van der Waals surface area contributed by atoms with E-state index >= 15 is 0 Å². The molecule has 2 aliphatic rings. The number of aromatic amines is 1. The van der Waals surface area contributed by atoms with Crippen LogP contribution in [-0.4, -0.2) is 15.8 Å². The van der Waals surface area contributed by atoms with Crippen molar-refractivity contribution < 1.29 is 9.78 Å². The minimum atomic E-state index is -0.187. The van der Waals surface area contributed by atoms with Gasteiger partial charge in [-0.15, -0.1) is 0 Å². The van der Waals surface area contributed by atoms with Crippen LogP contribution in [0.15, 0.2) is 72.5 Å². The fraction of sp³-hybridized carbons (Fsp3) is 0.150. The van der Waals surface area contributed by atoms with Gasteiger partial charge in [-0.25, -0.2) is 9.97 Å². The first-order valence-corrected chi connectivity index (χ1v) is 9.00. The molecule has 136 valence electrons. The van der Waals surface area contributed by atoms with Gasteiger partial charge in [0.05, 0.1) is 11.9 Å². The third-order valence-corrected chi connectivity index (χ3v) is 4.66. The van der Waals surface area contributed by atoms with E-state index in [0.29, 0.717) is 17.3 Å². The maximum absolute atomic E-state index is 12.8. The number of carbonyl (C=O) groups is 1. The Morgan fingerprint density at radius 3 is 3.07 bits per heavy atom. The van der Waals surface area contributed by atoms with Gasteiger partial charge in [-0.3, -0.25) is 4.79 Å². The normalized spacial score (nSPS) is 17.7. The topological polar surface area (TPSA) is 71.4 Å². The van der Waals surface area contributed by atoms with Crippen LogP contribution in [0, 0.1) is 6.92 Å². The lowest BCUT2D eigenvalue weighted by Crippen LogP contribution is -2.33. The number of allylic oxidation sites excluding steroid dienone is 3. The minimum absolute atomic E-state index is 0.173. The Morgan fingerprint density at radius 2 is 2.30 bits per heavy atom. The Labute approximate surface area is 162 Å². The Hall–Kier alpha value is -3.12. The van der Waals surface area contributed by atoms with Gasteiger partial charge in [0, 0.05) is 11.2 Å². The van der Waals surface area contributed by atoms with Crippen LogP contribution in [0.3, 0.4) is 0 Å². The van der Waals surface area contributed by atoms with Crippen molar-refractivity contribution in [3.05, 3.63) is 94.5 Å². The van der Waals surface area contributed by atoms with Crippen molar-refractivity contribution in [1.82, 2.24) is 20.5 Å². The van der Waals surface area contributed by atoms with Gasteiger partial charge < -0.3 is 15.5 Å². The second-order valence-electron chi connectivity index (χ2n) is 6.37. The van der Waals surface area contributed by atoms with E-state index in [9.17, 15) is 4.79 Å². The molecule has 0 aliphatic carbocycles. The van der Waals surface area contributed by atoms with Gasteiger partial charge in [-0.05, 0) is 36.8 Å². The quantitative estimate of drug-likeness (QED) is 0.854. The third-order valence-electron chi connectivity index (χ3n) is 4.43. The summed E-state index contributed by atoms with van der Waals surface area (Å²) in [7, 11) is 0. The van der Waals surface area contributed by atoms with Crippen LogP contribution in [0.2, 0.25) is 5.02 Å². The molecule has 1 atom stereocenters. The van der Waals surface area contributed by atoms with Crippen molar-refractivity contribution in [2.75, 3.05) is 0 Å². The van der Waals surface area contributed by atoms with E-state index in [1.54, 1.807) is 6.20 Å². The van der Waals surface area contributed by atoms with Gasteiger partial charge in [0.25, 0.3) is 5.91 Å². The smallest absolute Gasteiger partial charge is 0.270 e. The molecule has 2 aliphatic heterocycles. The van der Waals surface area contributed by atoms with E-state index in [1.165, 1.54) is 0 Å². The molecular weight excluding hydrogens is 362 g/mol. The summed E-state index contributed by atoms with van der Waals surface area (Å²) in [6.45, 7) is 2.27. The molecule has 2 aromatic rings. The summed E-state index contributed by atoms with van der Waals surface area (Å²) in [4.78, 5) is 22.2. The predicted molar refractivity (Wildman–Crippen MR) is 102 cm³/mol. The van der Waals surface area contributed by atoms with E-state index in [0.717, 1.165) is 22.6 Å². The zero-order valence-electron chi connectivity index (χ0n) is 14.7. The third kappa shape index (κ3) is 3.57. The van der Waals surface area contributed by atoms with Crippen LogP contribution in [0.5, 0.6) is 0 Å². The molecule has 6 nitrogen and oxygen atoms in total. The zero-order chi connectivity index (χ0) is 18.8. The molecule has 0 bridgehead atoms.